The molecule has 0 aliphatic rings. The number of ether oxygens (including phenoxy) is 1. The zero-order valence-electron chi connectivity index (χ0n) is 8.59. The molecule has 0 aromatic carbocycles. The van der Waals surface area contributed by atoms with Crippen molar-refractivity contribution < 1.29 is 14.6 Å². The number of aromatic nitrogens is 2. The van der Waals surface area contributed by atoms with Gasteiger partial charge >= 0.3 is 5.97 Å². The maximum atomic E-state index is 11.2. The first kappa shape index (κ1) is 11.5. The third-order valence-electron chi connectivity index (χ3n) is 1.74. The van der Waals surface area contributed by atoms with E-state index in [1.165, 1.54) is 10.9 Å². The van der Waals surface area contributed by atoms with Crippen molar-refractivity contribution >= 4 is 11.7 Å². The van der Waals surface area contributed by atoms with Crippen molar-refractivity contribution in [1.82, 2.24) is 9.78 Å². The Bertz CT molecular complexity index is 322. The lowest BCUT2D eigenvalue weighted by molar-refractivity contribution is -0.145. The summed E-state index contributed by atoms with van der Waals surface area (Å²) in [6.45, 7) is 1.90. The Morgan fingerprint density at radius 1 is 1.80 bits per heavy atom. The van der Waals surface area contributed by atoms with Gasteiger partial charge in [-0.3, -0.25) is 9.48 Å². The van der Waals surface area contributed by atoms with E-state index in [0.29, 0.717) is 12.1 Å². The first-order valence-electron chi connectivity index (χ1n) is 4.69. The molecule has 0 fully saturated rings. The Morgan fingerprint density at radius 3 is 3.07 bits per heavy atom. The van der Waals surface area contributed by atoms with Crippen molar-refractivity contribution in [3.05, 3.63) is 12.4 Å². The second-order valence-electron chi connectivity index (χ2n) is 3.33. The number of rotatable bonds is 5. The van der Waals surface area contributed by atoms with E-state index in [1.54, 1.807) is 13.1 Å². The highest BCUT2D eigenvalue weighted by Gasteiger charge is 2.05. The molecule has 15 heavy (non-hydrogen) atoms. The number of nitrogens with zero attached hydrogens (tertiary/aromatic N) is 2. The van der Waals surface area contributed by atoms with Gasteiger partial charge in [-0.05, 0) is 6.92 Å². The normalized spacial score (nSPS) is 12.4. The number of nitrogens with two attached hydrogens (primary N) is 1. The molecule has 1 rings (SSSR count). The van der Waals surface area contributed by atoms with Crippen molar-refractivity contribution in [1.29, 1.82) is 0 Å². The highest BCUT2D eigenvalue weighted by atomic mass is 16.5. The van der Waals surface area contributed by atoms with Gasteiger partial charge in [0.15, 0.2) is 0 Å². The molecule has 0 aliphatic carbocycles. The van der Waals surface area contributed by atoms with Crippen molar-refractivity contribution in [2.75, 3.05) is 12.3 Å². The average molecular weight is 213 g/mol. The van der Waals surface area contributed by atoms with Crippen LogP contribution < -0.4 is 5.73 Å². The highest BCUT2D eigenvalue weighted by molar-refractivity contribution is 5.69. The average Bonchev–Trinajstić information content (AvgIpc) is 2.50. The molecule has 0 bridgehead atoms. The third kappa shape index (κ3) is 4.46. The SMILES string of the molecule is CC(O)CCOC(=O)Cn1cc(N)cn1. The van der Waals surface area contributed by atoms with Crippen molar-refractivity contribution in [2.24, 2.45) is 0 Å². The first-order chi connectivity index (χ1) is 7.08. The molecule has 0 aliphatic heterocycles. The zero-order chi connectivity index (χ0) is 11.3. The summed E-state index contributed by atoms with van der Waals surface area (Å²) in [5.41, 5.74) is 5.93. The Morgan fingerprint density at radius 2 is 2.53 bits per heavy atom. The van der Waals surface area contributed by atoms with E-state index < -0.39 is 12.1 Å². The molecule has 0 saturated carbocycles. The minimum Gasteiger partial charge on any atom is -0.464 e. The van der Waals surface area contributed by atoms with Crippen molar-refractivity contribution in [3.8, 4) is 0 Å². The van der Waals surface area contributed by atoms with E-state index in [-0.39, 0.29) is 13.2 Å². The van der Waals surface area contributed by atoms with Gasteiger partial charge in [0.05, 0.1) is 24.6 Å². The Hall–Kier alpha value is -1.56. The Kier molecular flexibility index (Phi) is 4.11. The van der Waals surface area contributed by atoms with Gasteiger partial charge in [0.2, 0.25) is 0 Å². The number of hydrogen-bond donors (Lipinski definition) is 2. The number of esters is 1. The summed E-state index contributed by atoms with van der Waals surface area (Å²) in [5, 5.41) is 12.8. The van der Waals surface area contributed by atoms with Crippen molar-refractivity contribution in [3.63, 3.8) is 0 Å². The maximum absolute atomic E-state index is 11.2. The predicted octanol–water partition coefficient (Wildman–Crippen LogP) is -0.221. The number of aliphatic hydroxyl groups excluding tert-OH is 1. The summed E-state index contributed by atoms with van der Waals surface area (Å²) in [7, 11) is 0. The number of anilines is 1. The summed E-state index contributed by atoms with van der Waals surface area (Å²) in [5.74, 6) is -0.390. The van der Waals surface area contributed by atoms with Crippen LogP contribution in [0.15, 0.2) is 12.4 Å². The van der Waals surface area contributed by atoms with E-state index >= 15 is 0 Å². The van der Waals surface area contributed by atoms with Crippen LogP contribution in [-0.4, -0.2) is 33.6 Å². The molecular formula is C9H15N3O3. The van der Waals surface area contributed by atoms with Gasteiger partial charge in [0.25, 0.3) is 0 Å². The van der Waals surface area contributed by atoms with Crippen LogP contribution in [0.3, 0.4) is 0 Å². The molecule has 3 N–H and O–H groups in total. The molecule has 1 unspecified atom stereocenters. The number of hydrogen-bond acceptors (Lipinski definition) is 5. The summed E-state index contributed by atoms with van der Waals surface area (Å²) < 4.78 is 6.27. The zero-order valence-corrected chi connectivity index (χ0v) is 8.59. The van der Waals surface area contributed by atoms with Gasteiger partial charge in [-0.2, -0.15) is 5.10 Å². The molecule has 6 heteroatoms. The fourth-order valence-electron chi connectivity index (χ4n) is 0.987. The van der Waals surface area contributed by atoms with Crippen LogP contribution in [0.2, 0.25) is 0 Å². The maximum Gasteiger partial charge on any atom is 0.327 e. The number of carbonyl (C=O) groups is 1. The molecule has 1 aromatic heterocycles. The van der Waals surface area contributed by atoms with Crippen LogP contribution in [0.1, 0.15) is 13.3 Å². The van der Waals surface area contributed by atoms with Crippen LogP contribution in [0, 0.1) is 0 Å². The van der Waals surface area contributed by atoms with Crippen LogP contribution in [-0.2, 0) is 16.1 Å². The quantitative estimate of drug-likeness (QED) is 0.660. The summed E-state index contributed by atoms with van der Waals surface area (Å²) in [4.78, 5) is 11.2. The predicted molar refractivity (Wildman–Crippen MR) is 53.9 cm³/mol. The fraction of sp³-hybridized carbons (Fsp3) is 0.556. The van der Waals surface area contributed by atoms with E-state index in [1.807, 2.05) is 0 Å². The second-order valence-corrected chi connectivity index (χ2v) is 3.33. The topological polar surface area (TPSA) is 90.4 Å². The molecule has 0 saturated heterocycles. The summed E-state index contributed by atoms with van der Waals surface area (Å²) in [6, 6.07) is 0. The van der Waals surface area contributed by atoms with Gasteiger partial charge < -0.3 is 15.6 Å². The minimum absolute atomic E-state index is 0.0387. The molecule has 0 radical (unpaired) electrons. The second kappa shape index (κ2) is 5.35. The minimum atomic E-state index is -0.460. The standard InChI is InChI=1S/C9H15N3O3/c1-7(13)2-3-15-9(14)6-12-5-8(10)4-11-12/h4-5,7,13H,2-3,6,10H2,1H3. The van der Waals surface area contributed by atoms with Gasteiger partial charge in [-0.25, -0.2) is 0 Å². The molecule has 1 atom stereocenters. The van der Waals surface area contributed by atoms with Crippen molar-refractivity contribution in [2.45, 2.75) is 26.0 Å². The van der Waals surface area contributed by atoms with Gasteiger partial charge in [-0.1, -0.05) is 0 Å². The molecule has 6 nitrogen and oxygen atoms in total. The molecule has 0 spiro atoms. The van der Waals surface area contributed by atoms with Crippen LogP contribution in [0.25, 0.3) is 0 Å². The number of nitrogen functional groups attached to an aromatic ring is 1. The lowest BCUT2D eigenvalue weighted by Gasteiger charge is -2.06. The largest absolute Gasteiger partial charge is 0.464 e. The third-order valence-corrected chi connectivity index (χ3v) is 1.74. The summed E-state index contributed by atoms with van der Waals surface area (Å²) >= 11 is 0. The molecule has 84 valence electrons. The van der Waals surface area contributed by atoms with E-state index in [9.17, 15) is 4.79 Å². The lowest BCUT2D eigenvalue weighted by atomic mass is 10.3. The number of aliphatic hydroxyl groups is 1. The first-order valence-corrected chi connectivity index (χ1v) is 4.69. The van der Waals surface area contributed by atoms with E-state index in [4.69, 9.17) is 15.6 Å². The molecule has 1 heterocycles. The van der Waals surface area contributed by atoms with Gasteiger partial charge in [0.1, 0.15) is 6.54 Å². The van der Waals surface area contributed by atoms with Gasteiger partial charge in [-0.15, -0.1) is 0 Å². The highest BCUT2D eigenvalue weighted by Crippen LogP contribution is 1.98. The van der Waals surface area contributed by atoms with E-state index in [2.05, 4.69) is 5.10 Å². The molecule has 0 amide bonds. The lowest BCUT2D eigenvalue weighted by Crippen LogP contribution is -2.16. The monoisotopic (exact) mass is 213 g/mol. The fourth-order valence-corrected chi connectivity index (χ4v) is 0.987. The summed E-state index contributed by atoms with van der Waals surface area (Å²) in [6.07, 6.45) is 2.99. The van der Waals surface area contributed by atoms with E-state index in [0.717, 1.165) is 0 Å². The molecular weight excluding hydrogens is 198 g/mol. The Balaban J connectivity index is 2.24. The van der Waals surface area contributed by atoms with Crippen LogP contribution in [0.5, 0.6) is 0 Å². The van der Waals surface area contributed by atoms with Crippen LogP contribution in [0.4, 0.5) is 5.69 Å². The molecule has 1 aromatic rings. The van der Waals surface area contributed by atoms with Gasteiger partial charge in [0, 0.05) is 12.6 Å². The Labute approximate surface area is 87.6 Å². The van der Waals surface area contributed by atoms with Crippen LogP contribution >= 0.6 is 0 Å². The number of carbonyl (C=O) groups excluding carboxylic acids is 1. The smallest absolute Gasteiger partial charge is 0.327 e.